The Morgan fingerprint density at radius 2 is 1.70 bits per heavy atom. The Morgan fingerprint density at radius 3 is 2.22 bits per heavy atom. The van der Waals surface area contributed by atoms with E-state index < -0.39 is 23.4 Å². The molecule has 0 spiro atoms. The van der Waals surface area contributed by atoms with Gasteiger partial charge in [-0.25, -0.2) is 4.39 Å². The predicted molar refractivity (Wildman–Crippen MR) is 98.5 cm³/mol. The van der Waals surface area contributed by atoms with E-state index in [1.54, 1.807) is 11.8 Å². The normalized spacial score (nSPS) is 16.6. The Balaban J connectivity index is 1.84. The van der Waals surface area contributed by atoms with Gasteiger partial charge < -0.3 is 15.0 Å². The van der Waals surface area contributed by atoms with Gasteiger partial charge in [0.15, 0.2) is 6.10 Å². The second kappa shape index (κ2) is 8.50. The van der Waals surface area contributed by atoms with E-state index in [1.165, 1.54) is 24.3 Å². The minimum atomic E-state index is -0.865. The lowest BCUT2D eigenvalue weighted by Gasteiger charge is -2.31. The fourth-order valence-electron chi connectivity index (χ4n) is 2.89. The lowest BCUT2D eigenvalue weighted by Crippen LogP contribution is -2.47. The number of nitrogens with one attached hydrogen (secondary N) is 1. The summed E-state index contributed by atoms with van der Waals surface area (Å²) in [6.07, 6.45) is 0.0780. The molecule has 0 unspecified atom stereocenters. The summed E-state index contributed by atoms with van der Waals surface area (Å²) in [5.41, 5.74) is 0.0222. The highest BCUT2D eigenvalue weighted by molar-refractivity contribution is 5.94. The van der Waals surface area contributed by atoms with Crippen molar-refractivity contribution in [3.63, 3.8) is 0 Å². The molecule has 0 aromatic heterocycles. The Hall–Kier alpha value is -2.44. The van der Waals surface area contributed by atoms with Crippen LogP contribution in [0.4, 0.5) is 4.39 Å². The summed E-state index contributed by atoms with van der Waals surface area (Å²) in [5, 5.41) is 2.78. The van der Waals surface area contributed by atoms with Gasteiger partial charge in [-0.3, -0.25) is 14.4 Å². The maximum absolute atomic E-state index is 13.0. The maximum Gasteiger partial charge on any atom is 0.309 e. The SMILES string of the molecule is C[C@H](OC(=O)C1CCN(C(=O)c2ccc(F)cc2)CC1)C(=O)NC(C)(C)C. The standard InChI is InChI=1S/C20H27FN2O4/c1-13(17(24)22-20(2,3)4)27-19(26)15-9-11-23(12-10-15)18(25)14-5-7-16(21)8-6-14/h5-8,13,15H,9-12H2,1-4H3,(H,22,24)/t13-/m0/s1. The summed E-state index contributed by atoms with van der Waals surface area (Å²) < 4.78 is 18.3. The second-order valence-corrected chi connectivity index (χ2v) is 7.89. The summed E-state index contributed by atoms with van der Waals surface area (Å²) in [6, 6.07) is 5.41. The summed E-state index contributed by atoms with van der Waals surface area (Å²) in [7, 11) is 0. The molecule has 2 amide bonds. The van der Waals surface area contributed by atoms with Crippen molar-refractivity contribution in [3.05, 3.63) is 35.6 Å². The molecule has 0 bridgehead atoms. The molecule has 1 atom stereocenters. The van der Waals surface area contributed by atoms with E-state index in [-0.39, 0.29) is 17.7 Å². The van der Waals surface area contributed by atoms with Crippen molar-refractivity contribution in [2.75, 3.05) is 13.1 Å². The minimum Gasteiger partial charge on any atom is -0.452 e. The fourth-order valence-corrected chi connectivity index (χ4v) is 2.89. The quantitative estimate of drug-likeness (QED) is 0.817. The van der Waals surface area contributed by atoms with Crippen LogP contribution in [0.1, 0.15) is 50.9 Å². The van der Waals surface area contributed by atoms with Crippen molar-refractivity contribution in [1.29, 1.82) is 0 Å². The van der Waals surface area contributed by atoms with Gasteiger partial charge in [-0.2, -0.15) is 0 Å². The van der Waals surface area contributed by atoms with Crippen LogP contribution in [0.5, 0.6) is 0 Å². The van der Waals surface area contributed by atoms with Gasteiger partial charge >= 0.3 is 5.97 Å². The molecule has 6 nitrogen and oxygen atoms in total. The van der Waals surface area contributed by atoms with Crippen LogP contribution in [-0.4, -0.2) is 47.4 Å². The van der Waals surface area contributed by atoms with Crippen LogP contribution in [0.2, 0.25) is 0 Å². The first-order chi connectivity index (χ1) is 12.6. The van der Waals surface area contributed by atoms with Crippen LogP contribution in [0.25, 0.3) is 0 Å². The molecule has 0 aliphatic carbocycles. The van der Waals surface area contributed by atoms with Crippen molar-refractivity contribution in [2.24, 2.45) is 5.92 Å². The number of benzene rings is 1. The topological polar surface area (TPSA) is 75.7 Å². The number of ether oxygens (including phenoxy) is 1. The number of nitrogens with zero attached hydrogens (tertiary/aromatic N) is 1. The number of likely N-dealkylation sites (tertiary alicyclic amines) is 1. The Labute approximate surface area is 159 Å². The molecule has 0 radical (unpaired) electrons. The van der Waals surface area contributed by atoms with E-state index in [4.69, 9.17) is 4.74 Å². The van der Waals surface area contributed by atoms with Gasteiger partial charge in [0.25, 0.3) is 11.8 Å². The number of hydrogen-bond acceptors (Lipinski definition) is 4. The summed E-state index contributed by atoms with van der Waals surface area (Å²) >= 11 is 0. The molecule has 1 aliphatic rings. The molecule has 1 aromatic rings. The van der Waals surface area contributed by atoms with Crippen molar-refractivity contribution in [3.8, 4) is 0 Å². The maximum atomic E-state index is 13.0. The largest absolute Gasteiger partial charge is 0.452 e. The highest BCUT2D eigenvalue weighted by Crippen LogP contribution is 2.21. The monoisotopic (exact) mass is 378 g/mol. The van der Waals surface area contributed by atoms with Crippen molar-refractivity contribution in [1.82, 2.24) is 10.2 Å². The number of hydrogen-bond donors (Lipinski definition) is 1. The smallest absolute Gasteiger partial charge is 0.309 e. The first kappa shape index (κ1) is 20.9. The number of rotatable bonds is 4. The van der Waals surface area contributed by atoms with Gasteiger partial charge in [0.2, 0.25) is 0 Å². The third-order valence-corrected chi connectivity index (χ3v) is 4.37. The molecule has 1 heterocycles. The van der Waals surface area contributed by atoms with Crippen LogP contribution in [0, 0.1) is 11.7 Å². The zero-order valence-electron chi connectivity index (χ0n) is 16.3. The molecule has 1 N–H and O–H groups in total. The molecule has 1 aromatic carbocycles. The first-order valence-electron chi connectivity index (χ1n) is 9.14. The minimum absolute atomic E-state index is 0.181. The highest BCUT2D eigenvalue weighted by Gasteiger charge is 2.31. The molecule has 7 heteroatoms. The van der Waals surface area contributed by atoms with Gasteiger partial charge in [-0.1, -0.05) is 0 Å². The number of amides is 2. The molecular formula is C20H27FN2O4. The zero-order chi connectivity index (χ0) is 20.2. The van der Waals surface area contributed by atoms with E-state index >= 15 is 0 Å². The number of carbonyl (C=O) groups is 3. The molecule has 1 saturated heterocycles. The van der Waals surface area contributed by atoms with Gasteiger partial charge in [0, 0.05) is 24.2 Å². The Morgan fingerprint density at radius 1 is 1.15 bits per heavy atom. The molecule has 2 rings (SSSR count). The van der Waals surface area contributed by atoms with Crippen molar-refractivity contribution >= 4 is 17.8 Å². The molecule has 1 aliphatic heterocycles. The van der Waals surface area contributed by atoms with Crippen LogP contribution in [0.15, 0.2) is 24.3 Å². The number of halogens is 1. The second-order valence-electron chi connectivity index (χ2n) is 7.89. The van der Waals surface area contributed by atoms with Gasteiger partial charge in [-0.15, -0.1) is 0 Å². The van der Waals surface area contributed by atoms with Gasteiger partial charge in [0.1, 0.15) is 5.82 Å². The van der Waals surface area contributed by atoms with Crippen molar-refractivity contribution in [2.45, 2.75) is 52.2 Å². The lowest BCUT2D eigenvalue weighted by molar-refractivity contribution is -0.160. The predicted octanol–water partition coefficient (Wildman–Crippen LogP) is 2.52. The van der Waals surface area contributed by atoms with E-state index in [0.717, 1.165) is 0 Å². The molecular weight excluding hydrogens is 351 g/mol. The molecule has 0 saturated carbocycles. The van der Waals surface area contributed by atoms with E-state index in [2.05, 4.69) is 5.32 Å². The Kier molecular flexibility index (Phi) is 6.57. The molecule has 27 heavy (non-hydrogen) atoms. The van der Waals surface area contributed by atoms with Crippen LogP contribution < -0.4 is 5.32 Å². The average molecular weight is 378 g/mol. The highest BCUT2D eigenvalue weighted by atomic mass is 19.1. The number of esters is 1. The van der Waals surface area contributed by atoms with Crippen LogP contribution in [-0.2, 0) is 14.3 Å². The fraction of sp³-hybridized carbons (Fsp3) is 0.550. The van der Waals surface area contributed by atoms with Crippen molar-refractivity contribution < 1.29 is 23.5 Å². The lowest BCUT2D eigenvalue weighted by atomic mass is 9.96. The van der Waals surface area contributed by atoms with E-state index in [9.17, 15) is 18.8 Å². The van der Waals surface area contributed by atoms with E-state index in [1.807, 2.05) is 20.8 Å². The summed E-state index contributed by atoms with van der Waals surface area (Å²) in [4.78, 5) is 38.4. The third-order valence-electron chi connectivity index (χ3n) is 4.37. The number of piperidine rings is 1. The summed E-state index contributed by atoms with van der Waals surface area (Å²) in [5.74, 6) is -1.66. The third kappa shape index (κ3) is 6.05. The first-order valence-corrected chi connectivity index (χ1v) is 9.14. The summed E-state index contributed by atoms with van der Waals surface area (Å²) in [6.45, 7) is 7.94. The van der Waals surface area contributed by atoms with Gasteiger partial charge in [0.05, 0.1) is 5.92 Å². The molecule has 1 fully saturated rings. The van der Waals surface area contributed by atoms with Crippen LogP contribution >= 0.6 is 0 Å². The number of carbonyl (C=O) groups excluding carboxylic acids is 3. The zero-order valence-corrected chi connectivity index (χ0v) is 16.3. The van der Waals surface area contributed by atoms with E-state index in [0.29, 0.717) is 31.5 Å². The molecule has 148 valence electrons. The average Bonchev–Trinajstić information content (AvgIpc) is 2.60. The van der Waals surface area contributed by atoms with Gasteiger partial charge in [-0.05, 0) is 64.8 Å². The van der Waals surface area contributed by atoms with Crippen LogP contribution in [0.3, 0.4) is 0 Å². The Bertz CT molecular complexity index is 689.